The topological polar surface area (TPSA) is 93.4 Å². The quantitative estimate of drug-likeness (QED) is 0.223. The van der Waals surface area contributed by atoms with Crippen LogP contribution in [0.2, 0.25) is 0 Å². The van der Waals surface area contributed by atoms with Crippen LogP contribution < -0.4 is 11.0 Å². The van der Waals surface area contributed by atoms with Gasteiger partial charge in [0.15, 0.2) is 11.7 Å². The number of nitrogens with one attached hydrogen (secondary N) is 2. The minimum Gasteiger partial charge on any atom is -0.324 e. The number of fused-ring (bicyclic) bond motifs is 15. The normalized spacial score (nSPS) is 18.6. The summed E-state index contributed by atoms with van der Waals surface area (Å²) in [6.45, 7) is 6.36. The summed E-state index contributed by atoms with van der Waals surface area (Å²) < 4.78 is 0. The van der Waals surface area contributed by atoms with Gasteiger partial charge >= 0.3 is 0 Å². The van der Waals surface area contributed by atoms with Crippen molar-refractivity contribution in [1.82, 2.24) is 9.97 Å². The molecule has 2 aliphatic rings. The molecule has 4 heterocycles. The molecule has 2 aliphatic heterocycles. The van der Waals surface area contributed by atoms with E-state index in [2.05, 4.69) is 28.7 Å². The first kappa shape index (κ1) is 23.2. The maximum Gasteiger partial charge on any atom is 0.164 e. The molecule has 6 aromatic rings. The Bertz CT molecular complexity index is 2290. The molecule has 0 radical (unpaired) electrons. The molecule has 0 spiro atoms. The van der Waals surface area contributed by atoms with Crippen LogP contribution in [0.15, 0.2) is 129 Å². The fourth-order valence-corrected chi connectivity index (χ4v) is 5.59. The van der Waals surface area contributed by atoms with Gasteiger partial charge in [-0.25, -0.2) is 25.0 Å². The smallest absolute Gasteiger partial charge is 0.164 e. The van der Waals surface area contributed by atoms with Gasteiger partial charge in [-0.2, -0.15) is 0 Å². The molecule has 0 fully saturated rings. The Labute approximate surface area is 234 Å². The highest BCUT2D eigenvalue weighted by Crippen LogP contribution is 2.36. The summed E-state index contributed by atoms with van der Waals surface area (Å²) in [5.74, 6) is 2.63. The van der Waals surface area contributed by atoms with Crippen LogP contribution in [0.5, 0.6) is 0 Å². The summed E-state index contributed by atoms with van der Waals surface area (Å²) in [4.78, 5) is 31.9. The highest BCUT2D eigenvalue weighted by molar-refractivity contribution is 6.23. The van der Waals surface area contributed by atoms with Gasteiger partial charge in [0.05, 0.1) is 5.70 Å². The number of benzene rings is 4. The largest absolute Gasteiger partial charge is 0.324 e. The van der Waals surface area contributed by atoms with Gasteiger partial charge in [-0.05, 0) is 6.92 Å². The molecule has 6 bridgehead atoms. The summed E-state index contributed by atoms with van der Waals surface area (Å²) in [6.07, 6.45) is 0. The number of hydrogen-bond acceptors (Lipinski definition) is 5. The number of aromatic amines is 2. The van der Waals surface area contributed by atoms with Gasteiger partial charge in [-0.3, -0.25) is 0 Å². The molecule has 0 atom stereocenters. The summed E-state index contributed by atoms with van der Waals surface area (Å²) >= 11 is 0. The van der Waals surface area contributed by atoms with Gasteiger partial charge in [0, 0.05) is 49.5 Å². The lowest BCUT2D eigenvalue weighted by atomic mass is 10.0. The minimum atomic E-state index is 0.594. The first-order valence-electron chi connectivity index (χ1n) is 13.4. The number of H-pyrrole nitrogens is 2. The van der Waals surface area contributed by atoms with E-state index < -0.39 is 0 Å². The lowest BCUT2D eigenvalue weighted by Gasteiger charge is -2.09. The standard InChI is InChI=1S/C34H23N7/c1-19-21-11-3-4-12-22(21)20(2)36-30-24-14-6-8-16-26(24)32(38-30)40-34-28-18-10-9-17-27(28)33(41-34)39-31-25-15-7-5-13-23(25)29(35-19)37-31/h3-18,38H,1H2,2H3,(H,35,37,39,40,41)/b36-20+. The summed E-state index contributed by atoms with van der Waals surface area (Å²) in [7, 11) is 0. The maximum absolute atomic E-state index is 5.06. The zero-order chi connectivity index (χ0) is 27.5. The Hall–Kier alpha value is -5.69. The van der Waals surface area contributed by atoms with E-state index in [1.807, 2.05) is 91.9 Å². The van der Waals surface area contributed by atoms with Crippen LogP contribution in [0.4, 0.5) is 11.6 Å². The van der Waals surface area contributed by atoms with Gasteiger partial charge in [0.25, 0.3) is 0 Å². The van der Waals surface area contributed by atoms with Crippen molar-refractivity contribution in [3.63, 3.8) is 0 Å². The maximum atomic E-state index is 5.06. The van der Waals surface area contributed by atoms with Crippen LogP contribution in [0, 0.1) is 0 Å². The molecule has 41 heavy (non-hydrogen) atoms. The number of aliphatic imine (C=N–C) groups is 3. The fourth-order valence-electron chi connectivity index (χ4n) is 5.59. The molecular weight excluding hydrogens is 506 g/mol. The van der Waals surface area contributed by atoms with Gasteiger partial charge in [0.1, 0.15) is 22.6 Å². The van der Waals surface area contributed by atoms with Crippen LogP contribution in [0.3, 0.4) is 0 Å². The first-order chi connectivity index (χ1) is 20.1. The van der Waals surface area contributed by atoms with E-state index in [1.54, 1.807) is 0 Å². The van der Waals surface area contributed by atoms with E-state index in [4.69, 9.17) is 25.0 Å². The molecule has 7 nitrogen and oxygen atoms in total. The van der Waals surface area contributed by atoms with Crippen molar-refractivity contribution in [3.8, 4) is 0 Å². The number of nitrogens with zero attached hydrogens (tertiary/aromatic N) is 5. The SMILES string of the molecule is C=C1/N=c2\[nH]/c(c3ccccc23)=N\C2=NC(=N\c3[nH]c(c4ccccc34)/N=C(\C)c3ccccc31)/c1ccccc12. The third-order valence-corrected chi connectivity index (χ3v) is 7.56. The first-order valence-corrected chi connectivity index (χ1v) is 13.4. The van der Waals surface area contributed by atoms with Crippen molar-refractivity contribution in [2.45, 2.75) is 6.92 Å². The molecule has 8 rings (SSSR count). The molecule has 0 saturated carbocycles. The second-order valence-electron chi connectivity index (χ2n) is 10.1. The van der Waals surface area contributed by atoms with Crippen LogP contribution in [-0.2, 0) is 0 Å². The average molecular weight is 530 g/mol. The van der Waals surface area contributed by atoms with Crippen molar-refractivity contribution in [2.75, 3.05) is 0 Å². The van der Waals surface area contributed by atoms with Gasteiger partial charge < -0.3 is 9.97 Å². The predicted molar refractivity (Wildman–Crippen MR) is 165 cm³/mol. The number of amidine groups is 2. The van der Waals surface area contributed by atoms with E-state index in [-0.39, 0.29) is 0 Å². The number of hydrogen-bond donors (Lipinski definition) is 2. The van der Waals surface area contributed by atoms with Crippen molar-refractivity contribution in [3.05, 3.63) is 137 Å². The average Bonchev–Trinajstić information content (AvgIpc) is 3.65. The minimum absolute atomic E-state index is 0.594. The molecule has 0 aliphatic carbocycles. The van der Waals surface area contributed by atoms with Crippen molar-refractivity contribution >= 4 is 56.3 Å². The van der Waals surface area contributed by atoms with E-state index in [9.17, 15) is 0 Å². The molecule has 0 unspecified atom stereocenters. The van der Waals surface area contributed by atoms with E-state index in [0.717, 1.165) is 55.3 Å². The lowest BCUT2D eigenvalue weighted by molar-refractivity contribution is 1.14. The molecule has 2 aromatic heterocycles. The van der Waals surface area contributed by atoms with Crippen LogP contribution in [-0.4, -0.2) is 27.4 Å². The molecule has 7 heteroatoms. The lowest BCUT2D eigenvalue weighted by Crippen LogP contribution is -2.13. The van der Waals surface area contributed by atoms with E-state index >= 15 is 0 Å². The summed E-state index contributed by atoms with van der Waals surface area (Å²) in [5, 5.41) is 3.87. The van der Waals surface area contributed by atoms with E-state index in [0.29, 0.717) is 34.2 Å². The Balaban J connectivity index is 1.49. The second kappa shape index (κ2) is 8.93. The van der Waals surface area contributed by atoms with Crippen molar-refractivity contribution in [1.29, 1.82) is 0 Å². The molecular formula is C34H23N7. The fraction of sp³-hybridized carbons (Fsp3) is 0.0294. The predicted octanol–water partition coefficient (Wildman–Crippen LogP) is 6.55. The molecule has 2 N–H and O–H groups in total. The van der Waals surface area contributed by atoms with Crippen LogP contribution in [0.1, 0.15) is 29.2 Å². The second-order valence-corrected chi connectivity index (χ2v) is 10.1. The van der Waals surface area contributed by atoms with Gasteiger partial charge in [0.2, 0.25) is 0 Å². The molecule has 0 amide bonds. The zero-order valence-corrected chi connectivity index (χ0v) is 22.2. The third kappa shape index (κ3) is 3.71. The Kier molecular flexibility index (Phi) is 5.05. The Morgan fingerprint density at radius 1 is 0.463 bits per heavy atom. The highest BCUT2D eigenvalue weighted by atomic mass is 15.1. The Morgan fingerprint density at radius 3 is 1.61 bits per heavy atom. The van der Waals surface area contributed by atoms with Gasteiger partial charge in [-0.1, -0.05) is 104 Å². The van der Waals surface area contributed by atoms with Crippen molar-refractivity contribution < 1.29 is 0 Å². The highest BCUT2D eigenvalue weighted by Gasteiger charge is 2.22. The third-order valence-electron chi connectivity index (χ3n) is 7.56. The Morgan fingerprint density at radius 2 is 0.951 bits per heavy atom. The zero-order valence-electron chi connectivity index (χ0n) is 22.2. The molecule has 194 valence electrons. The molecule has 0 saturated heterocycles. The molecule has 4 aromatic carbocycles. The number of aromatic nitrogens is 2. The number of rotatable bonds is 0. The summed E-state index contributed by atoms with van der Waals surface area (Å²) in [5.41, 5.74) is 6.56. The van der Waals surface area contributed by atoms with Crippen LogP contribution in [0.25, 0.3) is 27.2 Å². The van der Waals surface area contributed by atoms with E-state index in [1.165, 1.54) is 0 Å². The van der Waals surface area contributed by atoms with Gasteiger partial charge in [-0.15, -0.1) is 0 Å². The van der Waals surface area contributed by atoms with Crippen LogP contribution >= 0.6 is 0 Å². The monoisotopic (exact) mass is 529 g/mol. The van der Waals surface area contributed by atoms with Crippen molar-refractivity contribution in [2.24, 2.45) is 25.0 Å². The summed E-state index contributed by atoms with van der Waals surface area (Å²) in [6, 6.07) is 32.3.